The third-order valence-corrected chi connectivity index (χ3v) is 5.99. The van der Waals surface area contributed by atoms with Crippen molar-refractivity contribution in [3.8, 4) is 17.2 Å². The minimum atomic E-state index is -0.114. The minimum Gasteiger partial charge on any atom is -0.492 e. The summed E-state index contributed by atoms with van der Waals surface area (Å²) in [6, 6.07) is 5.29. The number of urea groups is 1. The highest BCUT2D eigenvalue weighted by molar-refractivity contribution is 5.79. The second-order valence-electron chi connectivity index (χ2n) is 8.03. The molecular weight excluding hydrogens is 412 g/mol. The van der Waals surface area contributed by atoms with E-state index in [1.165, 1.54) is 0 Å². The number of amides is 3. The van der Waals surface area contributed by atoms with E-state index in [1.807, 2.05) is 12.1 Å². The lowest BCUT2D eigenvalue weighted by molar-refractivity contribution is -0.126. The van der Waals surface area contributed by atoms with Crippen molar-refractivity contribution in [2.75, 3.05) is 59.2 Å². The molecule has 2 aliphatic rings. The number of ether oxygens (including phenoxy) is 3. The van der Waals surface area contributed by atoms with Crippen LogP contribution in [-0.2, 0) is 4.79 Å². The molecule has 9 nitrogen and oxygen atoms in total. The zero-order valence-electron chi connectivity index (χ0n) is 19.2. The van der Waals surface area contributed by atoms with Crippen molar-refractivity contribution in [2.24, 2.45) is 5.92 Å². The van der Waals surface area contributed by atoms with Crippen LogP contribution in [-0.4, -0.2) is 81.0 Å². The summed E-state index contributed by atoms with van der Waals surface area (Å²) in [5, 5.41) is 5.94. The highest BCUT2D eigenvalue weighted by Gasteiger charge is 2.27. The van der Waals surface area contributed by atoms with Gasteiger partial charge in [-0.1, -0.05) is 13.8 Å². The molecule has 0 radical (unpaired) electrons. The summed E-state index contributed by atoms with van der Waals surface area (Å²) in [6.45, 7) is 10.3. The van der Waals surface area contributed by atoms with Crippen LogP contribution < -0.4 is 24.8 Å². The largest absolute Gasteiger partial charge is 0.492 e. The summed E-state index contributed by atoms with van der Waals surface area (Å²) < 4.78 is 16.3. The molecule has 0 unspecified atom stereocenters. The predicted molar refractivity (Wildman–Crippen MR) is 121 cm³/mol. The maximum Gasteiger partial charge on any atom is 0.317 e. The van der Waals surface area contributed by atoms with Gasteiger partial charge in [-0.2, -0.15) is 0 Å². The van der Waals surface area contributed by atoms with E-state index in [1.54, 1.807) is 11.0 Å². The van der Waals surface area contributed by atoms with E-state index in [4.69, 9.17) is 14.2 Å². The van der Waals surface area contributed by atoms with Gasteiger partial charge in [-0.3, -0.25) is 4.79 Å². The molecule has 0 spiro atoms. The molecule has 0 atom stereocenters. The van der Waals surface area contributed by atoms with Crippen molar-refractivity contribution < 1.29 is 23.8 Å². The van der Waals surface area contributed by atoms with Crippen molar-refractivity contribution >= 4 is 11.9 Å². The van der Waals surface area contributed by atoms with Gasteiger partial charge < -0.3 is 34.6 Å². The zero-order chi connectivity index (χ0) is 22.8. The lowest BCUT2D eigenvalue weighted by atomic mass is 9.96. The van der Waals surface area contributed by atoms with Crippen LogP contribution >= 0.6 is 0 Å². The van der Waals surface area contributed by atoms with Gasteiger partial charge in [0.25, 0.3) is 0 Å². The molecule has 0 aliphatic carbocycles. The van der Waals surface area contributed by atoms with Crippen LogP contribution in [0.25, 0.3) is 0 Å². The molecular formula is C23H36N4O5. The third-order valence-electron chi connectivity index (χ3n) is 5.99. The number of likely N-dealkylation sites (tertiary alicyclic amines) is 1. The fourth-order valence-electron chi connectivity index (χ4n) is 3.95. The van der Waals surface area contributed by atoms with Crippen LogP contribution in [0.2, 0.25) is 0 Å². The van der Waals surface area contributed by atoms with E-state index in [-0.39, 0.29) is 24.6 Å². The van der Waals surface area contributed by atoms with Gasteiger partial charge in [0, 0.05) is 31.6 Å². The molecule has 1 fully saturated rings. The molecule has 1 saturated heterocycles. The molecule has 32 heavy (non-hydrogen) atoms. The first-order chi connectivity index (χ1) is 15.6. The van der Waals surface area contributed by atoms with Gasteiger partial charge in [-0.25, -0.2) is 4.79 Å². The monoisotopic (exact) mass is 448 g/mol. The molecule has 0 aromatic heterocycles. The van der Waals surface area contributed by atoms with E-state index < -0.39 is 0 Å². The van der Waals surface area contributed by atoms with Crippen LogP contribution in [0.5, 0.6) is 17.2 Å². The molecule has 178 valence electrons. The van der Waals surface area contributed by atoms with Gasteiger partial charge in [-0.05, 0) is 51.0 Å². The first-order valence-corrected chi connectivity index (χ1v) is 11.7. The Balaban J connectivity index is 1.26. The first-order valence-electron chi connectivity index (χ1n) is 11.7. The highest BCUT2D eigenvalue weighted by atomic mass is 16.7. The average molecular weight is 449 g/mol. The molecule has 2 N–H and O–H groups in total. The molecule has 3 rings (SSSR count). The van der Waals surface area contributed by atoms with E-state index >= 15 is 0 Å². The molecule has 1 aromatic rings. The zero-order valence-corrected chi connectivity index (χ0v) is 19.2. The molecule has 0 saturated carbocycles. The maximum absolute atomic E-state index is 12.4. The summed E-state index contributed by atoms with van der Waals surface area (Å²) in [4.78, 5) is 28.9. The van der Waals surface area contributed by atoms with Gasteiger partial charge in [0.2, 0.25) is 12.7 Å². The van der Waals surface area contributed by atoms with Crippen LogP contribution in [0.1, 0.15) is 33.1 Å². The Morgan fingerprint density at radius 2 is 1.84 bits per heavy atom. The quantitative estimate of drug-likeness (QED) is 0.504. The standard InChI is InChI=1S/C23H36N4O5/c1-3-26(4-2)12-5-10-24-22(28)18-8-13-27(14-9-18)23(29)25-11-15-30-19-6-7-20-21(16-19)32-17-31-20/h6-7,16,18H,3-5,8-15,17H2,1-2H3,(H,24,28)(H,25,29). The number of benzene rings is 1. The Kier molecular flexibility index (Phi) is 9.27. The summed E-state index contributed by atoms with van der Waals surface area (Å²) in [5.41, 5.74) is 0. The minimum absolute atomic E-state index is 0.0122. The van der Waals surface area contributed by atoms with Crippen molar-refractivity contribution in [3.63, 3.8) is 0 Å². The topological polar surface area (TPSA) is 92.4 Å². The fraction of sp³-hybridized carbons (Fsp3) is 0.652. The van der Waals surface area contributed by atoms with E-state index in [2.05, 4.69) is 29.4 Å². The fourth-order valence-corrected chi connectivity index (χ4v) is 3.95. The number of piperidine rings is 1. The molecule has 1 aromatic carbocycles. The average Bonchev–Trinajstić information content (AvgIpc) is 3.30. The summed E-state index contributed by atoms with van der Waals surface area (Å²) in [5.74, 6) is 2.15. The van der Waals surface area contributed by atoms with Crippen molar-refractivity contribution in [2.45, 2.75) is 33.1 Å². The molecule has 9 heteroatoms. The molecule has 2 aliphatic heterocycles. The number of nitrogens with one attached hydrogen (secondary N) is 2. The van der Waals surface area contributed by atoms with E-state index in [9.17, 15) is 9.59 Å². The normalized spacial score (nSPS) is 15.7. The Bertz CT molecular complexity index is 748. The summed E-state index contributed by atoms with van der Waals surface area (Å²) in [7, 11) is 0. The van der Waals surface area contributed by atoms with Gasteiger partial charge in [-0.15, -0.1) is 0 Å². The van der Waals surface area contributed by atoms with Gasteiger partial charge in [0.1, 0.15) is 12.4 Å². The number of fused-ring (bicyclic) bond motifs is 1. The second-order valence-corrected chi connectivity index (χ2v) is 8.03. The number of rotatable bonds is 11. The highest BCUT2D eigenvalue weighted by Crippen LogP contribution is 2.34. The SMILES string of the molecule is CCN(CC)CCCNC(=O)C1CCN(C(=O)NCCOc2ccc3c(c2)OCO3)CC1. The van der Waals surface area contributed by atoms with Gasteiger partial charge in [0.05, 0.1) is 6.54 Å². The second kappa shape index (κ2) is 12.4. The smallest absolute Gasteiger partial charge is 0.317 e. The Hall–Kier alpha value is -2.68. The van der Waals surface area contributed by atoms with Gasteiger partial charge in [0.15, 0.2) is 11.5 Å². The summed E-state index contributed by atoms with van der Waals surface area (Å²) >= 11 is 0. The number of hydrogen-bond acceptors (Lipinski definition) is 6. The van der Waals surface area contributed by atoms with Crippen LogP contribution in [0, 0.1) is 5.92 Å². The lowest BCUT2D eigenvalue weighted by Gasteiger charge is -2.31. The van der Waals surface area contributed by atoms with Crippen molar-refractivity contribution in [1.29, 1.82) is 0 Å². The van der Waals surface area contributed by atoms with E-state index in [0.717, 1.165) is 26.1 Å². The third kappa shape index (κ3) is 6.91. The molecule has 3 amide bonds. The first kappa shape index (κ1) is 24.0. The Labute approximate surface area is 190 Å². The van der Waals surface area contributed by atoms with Crippen LogP contribution in [0.4, 0.5) is 4.79 Å². The Morgan fingerprint density at radius 1 is 1.09 bits per heavy atom. The van der Waals surface area contributed by atoms with Gasteiger partial charge >= 0.3 is 6.03 Å². The number of carbonyl (C=O) groups is 2. The van der Waals surface area contributed by atoms with Crippen LogP contribution in [0.3, 0.4) is 0 Å². The maximum atomic E-state index is 12.4. The molecule has 0 bridgehead atoms. The summed E-state index contributed by atoms with van der Waals surface area (Å²) in [6.07, 6.45) is 2.36. The molecule has 2 heterocycles. The van der Waals surface area contributed by atoms with E-state index in [0.29, 0.717) is 62.9 Å². The number of nitrogens with zero attached hydrogens (tertiary/aromatic N) is 2. The van der Waals surface area contributed by atoms with Crippen LogP contribution in [0.15, 0.2) is 18.2 Å². The number of carbonyl (C=O) groups excluding carboxylic acids is 2. The van der Waals surface area contributed by atoms with Crippen molar-refractivity contribution in [1.82, 2.24) is 20.4 Å². The Morgan fingerprint density at radius 3 is 2.59 bits per heavy atom. The van der Waals surface area contributed by atoms with Crippen molar-refractivity contribution in [3.05, 3.63) is 18.2 Å². The number of hydrogen-bond donors (Lipinski definition) is 2. The predicted octanol–water partition coefficient (Wildman–Crippen LogP) is 2.06. The lowest BCUT2D eigenvalue weighted by Crippen LogP contribution is -2.47.